The monoisotopic (exact) mass is 539 g/mol. The van der Waals surface area contributed by atoms with Crippen LogP contribution in [-0.2, 0) is 25.6 Å². The minimum absolute atomic E-state index is 0.0216. The Morgan fingerprint density at radius 3 is 2.26 bits per heavy atom. The van der Waals surface area contributed by atoms with Gasteiger partial charge < -0.3 is 24.2 Å². The van der Waals surface area contributed by atoms with E-state index < -0.39 is 11.9 Å². The third-order valence-electron chi connectivity index (χ3n) is 8.26. The molecule has 6 nitrogen and oxygen atoms in total. The van der Waals surface area contributed by atoms with Crippen molar-refractivity contribution in [3.8, 4) is 0 Å². The summed E-state index contributed by atoms with van der Waals surface area (Å²) >= 11 is 0. The highest BCUT2D eigenvalue weighted by molar-refractivity contribution is 5.78. The highest BCUT2D eigenvalue weighted by Gasteiger charge is 2.42. The highest BCUT2D eigenvalue weighted by Crippen LogP contribution is 2.36. The molecule has 0 aromatic heterocycles. The molecule has 0 radical (unpaired) electrons. The molecule has 0 saturated carbocycles. The largest absolute Gasteiger partial charge is 0.386 e. The lowest BCUT2D eigenvalue weighted by Gasteiger charge is -2.45. The lowest BCUT2D eigenvalue weighted by molar-refractivity contribution is -0.306. The molecule has 1 fully saturated rings. The second kappa shape index (κ2) is 13.9. The van der Waals surface area contributed by atoms with Crippen molar-refractivity contribution in [1.29, 1.82) is 0 Å². The zero-order valence-corrected chi connectivity index (χ0v) is 25.0. The summed E-state index contributed by atoms with van der Waals surface area (Å²) in [7, 11) is 1.78. The Labute approximate surface area is 235 Å². The Morgan fingerprint density at radius 1 is 1.05 bits per heavy atom. The van der Waals surface area contributed by atoms with Gasteiger partial charge in [-0.25, -0.2) is 0 Å². The number of hydrogen-bond donors (Lipinski definition) is 1. The van der Waals surface area contributed by atoms with Crippen LogP contribution < -0.4 is 0 Å². The first-order valence-corrected chi connectivity index (χ1v) is 14.4. The molecule has 1 saturated heterocycles. The fourth-order valence-corrected chi connectivity index (χ4v) is 5.80. The topological polar surface area (TPSA) is 68.2 Å². The van der Waals surface area contributed by atoms with E-state index in [1.54, 1.807) is 11.9 Å². The Kier molecular flexibility index (Phi) is 11.1. The summed E-state index contributed by atoms with van der Waals surface area (Å²) in [5, 5.41) is 10.9. The molecule has 216 valence electrons. The van der Waals surface area contributed by atoms with Gasteiger partial charge in [-0.15, -0.1) is 0 Å². The van der Waals surface area contributed by atoms with Crippen LogP contribution in [-0.4, -0.2) is 53.6 Å². The van der Waals surface area contributed by atoms with Crippen LogP contribution in [0, 0.1) is 23.7 Å². The summed E-state index contributed by atoms with van der Waals surface area (Å²) < 4.78 is 18.9. The molecule has 2 aromatic carbocycles. The van der Waals surface area contributed by atoms with Gasteiger partial charge in [-0.3, -0.25) is 4.79 Å². The molecular weight excluding hydrogens is 490 g/mol. The predicted molar refractivity (Wildman–Crippen MR) is 155 cm³/mol. The van der Waals surface area contributed by atoms with E-state index in [0.717, 1.165) is 11.1 Å². The van der Waals surface area contributed by atoms with Crippen LogP contribution >= 0.6 is 0 Å². The van der Waals surface area contributed by atoms with E-state index in [1.165, 1.54) is 0 Å². The molecule has 1 heterocycles. The molecule has 0 spiro atoms. The third-order valence-corrected chi connectivity index (χ3v) is 8.26. The van der Waals surface area contributed by atoms with Crippen molar-refractivity contribution in [2.24, 2.45) is 23.7 Å². The molecule has 39 heavy (non-hydrogen) atoms. The van der Waals surface area contributed by atoms with Crippen molar-refractivity contribution in [2.75, 3.05) is 13.7 Å². The highest BCUT2D eigenvalue weighted by atomic mass is 16.7. The van der Waals surface area contributed by atoms with E-state index in [9.17, 15) is 9.90 Å². The zero-order chi connectivity index (χ0) is 28.7. The van der Waals surface area contributed by atoms with Crippen molar-refractivity contribution in [2.45, 2.75) is 91.6 Å². The molecule has 1 N–H and O–H groups in total. The number of carbonyl (C=O) groups excluding carboxylic acids is 1. The van der Waals surface area contributed by atoms with Crippen LogP contribution in [0.15, 0.2) is 60.7 Å². The van der Waals surface area contributed by atoms with E-state index in [4.69, 9.17) is 14.2 Å². The second-order valence-electron chi connectivity index (χ2n) is 12.1. The molecule has 0 bridgehead atoms. The fraction of sp³-hybridized carbons (Fsp3) is 0.606. The summed E-state index contributed by atoms with van der Waals surface area (Å²) in [5.41, 5.74) is 1.93. The number of ether oxygens (including phenoxy) is 3. The number of aliphatic hydroxyl groups is 1. The minimum atomic E-state index is -0.748. The predicted octanol–water partition coefficient (Wildman–Crippen LogP) is 6.24. The summed E-state index contributed by atoms with van der Waals surface area (Å²) in [6, 6.07) is 19.4. The number of rotatable bonds is 12. The van der Waals surface area contributed by atoms with E-state index in [-0.39, 0.29) is 47.8 Å². The zero-order valence-electron chi connectivity index (χ0n) is 25.0. The van der Waals surface area contributed by atoms with Crippen molar-refractivity contribution in [1.82, 2.24) is 4.90 Å². The molecule has 0 aliphatic carbocycles. The van der Waals surface area contributed by atoms with Gasteiger partial charge in [0, 0.05) is 24.8 Å². The van der Waals surface area contributed by atoms with Crippen molar-refractivity contribution in [3.63, 3.8) is 0 Å². The van der Waals surface area contributed by atoms with E-state index in [2.05, 4.69) is 32.9 Å². The molecule has 8 atom stereocenters. The number of likely N-dealkylation sites (N-methyl/N-ethyl adjacent to an activating group) is 1. The number of benzene rings is 2. The molecular formula is C33H49NO5. The van der Waals surface area contributed by atoms with Crippen molar-refractivity contribution < 1.29 is 24.1 Å². The van der Waals surface area contributed by atoms with Gasteiger partial charge in [-0.2, -0.15) is 0 Å². The molecule has 6 heteroatoms. The van der Waals surface area contributed by atoms with E-state index >= 15 is 0 Å². The number of hydrogen-bond acceptors (Lipinski definition) is 5. The summed E-state index contributed by atoms with van der Waals surface area (Å²) in [6.45, 7) is 15.5. The van der Waals surface area contributed by atoms with Gasteiger partial charge in [0.1, 0.15) is 0 Å². The Bertz CT molecular complexity index is 1010. The average Bonchev–Trinajstić information content (AvgIpc) is 2.93. The molecule has 1 aliphatic heterocycles. The quantitative estimate of drug-likeness (QED) is 0.346. The van der Waals surface area contributed by atoms with E-state index in [1.807, 2.05) is 76.2 Å². The van der Waals surface area contributed by atoms with Crippen LogP contribution in [0.4, 0.5) is 0 Å². The number of aliphatic hydroxyl groups excluding tert-OH is 1. The summed E-state index contributed by atoms with van der Waals surface area (Å²) in [4.78, 5) is 15.2. The number of nitrogens with zero attached hydrogens (tertiary/aromatic N) is 1. The standard InChI is InChI=1S/C33H49NO5/c1-22(19-23(2)32(36)34(8)26(5)29(35)28-17-13-10-14-18-28)30(37-21-27-15-11-9-12-16-27)25(4)31-24(3)20-38-33(6,7)39-31/h9-18,22-26,29-31,35H,19-21H2,1-8H3/t22-,23+,24-,25-,26-,29+,30-,31-/m0/s1. The van der Waals surface area contributed by atoms with Gasteiger partial charge in [-0.1, -0.05) is 88.4 Å². The van der Waals surface area contributed by atoms with Gasteiger partial charge in [0.2, 0.25) is 5.91 Å². The maximum Gasteiger partial charge on any atom is 0.225 e. The van der Waals surface area contributed by atoms with Crippen LogP contribution in [0.5, 0.6) is 0 Å². The normalized spacial score (nSPS) is 23.7. The average molecular weight is 540 g/mol. The molecule has 3 rings (SSSR count). The SMILES string of the molecule is C[C@@H]([C@@H](OCc1ccccc1)[C@@H](C)C[C@@H](C)C(=O)N(C)[C@@H](C)[C@@H](O)c1ccccc1)[C@H]1OC(C)(C)OC[C@@H]1C. The van der Waals surface area contributed by atoms with Crippen LogP contribution in [0.2, 0.25) is 0 Å². The molecule has 2 aromatic rings. The van der Waals surface area contributed by atoms with Gasteiger partial charge in [0.15, 0.2) is 5.79 Å². The minimum Gasteiger partial charge on any atom is -0.386 e. The van der Waals surface area contributed by atoms with E-state index in [0.29, 0.717) is 19.6 Å². The van der Waals surface area contributed by atoms with Crippen LogP contribution in [0.3, 0.4) is 0 Å². The van der Waals surface area contributed by atoms with Gasteiger partial charge in [0.25, 0.3) is 0 Å². The van der Waals surface area contributed by atoms with Crippen LogP contribution in [0.25, 0.3) is 0 Å². The van der Waals surface area contributed by atoms with Crippen LogP contribution in [0.1, 0.15) is 72.1 Å². The number of carbonyl (C=O) groups is 1. The van der Waals surface area contributed by atoms with Gasteiger partial charge in [0.05, 0.1) is 37.6 Å². The fourth-order valence-electron chi connectivity index (χ4n) is 5.80. The first-order chi connectivity index (χ1) is 18.4. The Morgan fingerprint density at radius 2 is 1.64 bits per heavy atom. The smallest absolute Gasteiger partial charge is 0.225 e. The Hall–Kier alpha value is -2.25. The molecule has 0 unspecified atom stereocenters. The number of amides is 1. The first kappa shape index (κ1) is 31.3. The third kappa shape index (κ3) is 8.37. The maximum atomic E-state index is 13.5. The molecule has 1 aliphatic rings. The van der Waals surface area contributed by atoms with Crippen molar-refractivity contribution in [3.05, 3.63) is 71.8 Å². The van der Waals surface area contributed by atoms with Gasteiger partial charge in [-0.05, 0) is 44.2 Å². The Balaban J connectivity index is 1.72. The lowest BCUT2D eigenvalue weighted by atomic mass is 9.80. The summed E-state index contributed by atoms with van der Waals surface area (Å²) in [5.74, 6) is -0.410. The van der Waals surface area contributed by atoms with Gasteiger partial charge >= 0.3 is 0 Å². The maximum absolute atomic E-state index is 13.5. The summed E-state index contributed by atoms with van der Waals surface area (Å²) in [6.07, 6.45) is -0.212. The lowest BCUT2D eigenvalue weighted by Crippen LogP contribution is -2.51. The second-order valence-corrected chi connectivity index (χ2v) is 12.1. The first-order valence-electron chi connectivity index (χ1n) is 14.4. The molecule has 1 amide bonds. The van der Waals surface area contributed by atoms with Crippen molar-refractivity contribution >= 4 is 5.91 Å².